The molecule has 17 heteroatoms. The molecule has 350 valence electrons. The van der Waals surface area contributed by atoms with Crippen molar-refractivity contribution >= 4 is 53.7 Å². The van der Waals surface area contributed by atoms with Gasteiger partial charge < -0.3 is 30.2 Å². The Hall–Kier alpha value is -4.80. The maximum atomic E-state index is 11.4. The Bertz CT molecular complexity index is 2320. The molecule has 0 unspecified atom stereocenters. The summed E-state index contributed by atoms with van der Waals surface area (Å²) in [6, 6.07) is 31.6. The van der Waals surface area contributed by atoms with Gasteiger partial charge in [-0.05, 0) is 111 Å². The average Bonchev–Trinajstić information content (AvgIpc) is 4.12. The van der Waals surface area contributed by atoms with Crippen LogP contribution in [0.5, 0.6) is 11.5 Å². The molecular formula is C48H66ClN6NaO8S. The number of aryl methyl sites for hydroxylation is 1. The number of ether oxygens (including phenoxy) is 4. The first-order chi connectivity index (χ1) is 30.4. The number of fused-ring (bicyclic) bond motifs is 2. The fraction of sp³-hybridized carbons (Fsp3) is 0.417. The Balaban J connectivity index is 0.000000398. The van der Waals surface area contributed by atoms with Crippen LogP contribution in [-0.2, 0) is 25.1 Å². The van der Waals surface area contributed by atoms with E-state index in [0.29, 0.717) is 0 Å². The molecule has 1 N–H and O–H groups in total. The van der Waals surface area contributed by atoms with Gasteiger partial charge in [-0.1, -0.05) is 66.7 Å². The van der Waals surface area contributed by atoms with Gasteiger partial charge in [0.15, 0.2) is 0 Å². The second kappa shape index (κ2) is 28.3. The summed E-state index contributed by atoms with van der Waals surface area (Å²) < 4.78 is 43.9. The molecule has 2 amide bonds. The molecule has 0 radical (unpaired) electrons. The zero-order chi connectivity index (χ0) is 47.2. The van der Waals surface area contributed by atoms with Crippen LogP contribution >= 0.6 is 10.7 Å². The van der Waals surface area contributed by atoms with Gasteiger partial charge in [-0.15, -0.1) is 0 Å². The predicted molar refractivity (Wildman–Crippen MR) is 256 cm³/mol. The summed E-state index contributed by atoms with van der Waals surface area (Å²) in [6.45, 7) is 17.7. The molecule has 2 aromatic heterocycles. The van der Waals surface area contributed by atoms with Gasteiger partial charge in [-0.3, -0.25) is 9.78 Å². The molecule has 0 saturated carbocycles. The number of benzene rings is 4. The summed E-state index contributed by atoms with van der Waals surface area (Å²) in [5.41, 5.74) is 1.41. The number of hydrogen-bond donors (Lipinski definition) is 1. The van der Waals surface area contributed by atoms with Crippen molar-refractivity contribution in [3.63, 3.8) is 0 Å². The van der Waals surface area contributed by atoms with Crippen molar-refractivity contribution in [1.29, 1.82) is 0 Å². The number of H-pyrrole nitrogens is 1. The van der Waals surface area contributed by atoms with Crippen LogP contribution in [0.15, 0.2) is 120 Å². The van der Waals surface area contributed by atoms with Crippen molar-refractivity contribution in [3.8, 4) is 11.5 Å². The minimum absolute atomic E-state index is 0. The number of nitrogens with one attached hydrogen (secondary N) is 1. The van der Waals surface area contributed by atoms with Crippen molar-refractivity contribution in [1.82, 2.24) is 29.8 Å². The van der Waals surface area contributed by atoms with Crippen molar-refractivity contribution in [2.75, 3.05) is 40.4 Å². The molecule has 2 aliphatic heterocycles. The number of nitrogens with zero attached hydrogens (tertiary/aromatic N) is 5. The summed E-state index contributed by atoms with van der Waals surface area (Å²) in [5.74, 6) is 1.74. The predicted octanol–water partition coefficient (Wildman–Crippen LogP) is 8.09. The monoisotopic (exact) mass is 944 g/mol. The topological polar surface area (TPSA) is 158 Å². The summed E-state index contributed by atoms with van der Waals surface area (Å²) in [7, 11) is 4.83. The Morgan fingerprint density at radius 2 is 1.09 bits per heavy atom. The normalized spacial score (nSPS) is 13.0. The molecule has 2 aliphatic rings. The van der Waals surface area contributed by atoms with Crippen molar-refractivity contribution < 1.29 is 67.9 Å². The quantitative estimate of drug-likeness (QED) is 0.135. The fourth-order valence-corrected chi connectivity index (χ4v) is 6.84. The first kappa shape index (κ1) is 56.3. The molecule has 0 bridgehead atoms. The Kier molecular flexibility index (Phi) is 24.5. The SMILES string of the molecule is CC(C)(C)OC(=O)N1CCCC1.CC(C)(C)OC(=O)N1CCCC1.CCn1ncc2c(OC)cccc21.COc1cccc2[nH]ncc12.O=S(=O)(Cl)c1ccccc1.[H-].[Na+].c1ccccc1. The van der Waals surface area contributed by atoms with E-state index in [1.807, 2.05) is 125 Å². The Morgan fingerprint density at radius 3 is 1.49 bits per heavy atom. The third kappa shape index (κ3) is 20.9. The van der Waals surface area contributed by atoms with E-state index in [2.05, 4.69) is 22.2 Å². The molecule has 0 aliphatic carbocycles. The van der Waals surface area contributed by atoms with Crippen LogP contribution in [0.2, 0.25) is 0 Å². The summed E-state index contributed by atoms with van der Waals surface area (Å²) >= 11 is 0. The number of aromatic amines is 1. The maximum absolute atomic E-state index is 11.4. The molecule has 14 nitrogen and oxygen atoms in total. The number of likely N-dealkylation sites (tertiary alicyclic amines) is 2. The van der Waals surface area contributed by atoms with E-state index >= 15 is 0 Å². The third-order valence-corrected chi connectivity index (χ3v) is 10.4. The van der Waals surface area contributed by atoms with E-state index in [1.54, 1.807) is 48.4 Å². The molecule has 65 heavy (non-hydrogen) atoms. The molecule has 8 rings (SSSR count). The zero-order valence-electron chi connectivity index (χ0n) is 40.6. The summed E-state index contributed by atoms with van der Waals surface area (Å²) in [4.78, 5) is 26.4. The van der Waals surface area contributed by atoms with Crippen LogP contribution in [-0.4, -0.2) is 102 Å². The van der Waals surface area contributed by atoms with Crippen LogP contribution in [0, 0.1) is 0 Å². The molecule has 2 saturated heterocycles. The van der Waals surface area contributed by atoms with Crippen molar-refractivity contribution in [3.05, 3.63) is 116 Å². The Labute approximate surface area is 413 Å². The van der Waals surface area contributed by atoms with E-state index < -0.39 is 9.05 Å². The van der Waals surface area contributed by atoms with Crippen LogP contribution in [0.1, 0.15) is 75.6 Å². The second-order valence-corrected chi connectivity index (χ2v) is 19.0. The smallest absolute Gasteiger partial charge is 1.00 e. The summed E-state index contributed by atoms with van der Waals surface area (Å²) in [5, 5.41) is 13.1. The van der Waals surface area contributed by atoms with Crippen LogP contribution < -0.4 is 39.0 Å². The molecular weight excluding hydrogens is 879 g/mol. The molecule has 4 heterocycles. The van der Waals surface area contributed by atoms with E-state index in [9.17, 15) is 18.0 Å². The van der Waals surface area contributed by atoms with E-state index in [1.165, 1.54) is 12.1 Å². The standard InChI is InChI=1S/C10H12N2O.2C9H17NO2.C8H8N2O.C6H5ClO2S.C6H6.Na.H/c1-3-12-9-5-4-6-10(13-2)8(9)7-11-12;2*1-9(2,3)12-8(11)10-6-4-5-7-10;1-11-8-4-2-3-7-6(8)5-9-10-7;7-10(8,9)6-4-2-1-3-5-6;1-2-4-6-5-3-1;;/h4-7H,3H2,1-2H3;2*4-7H2,1-3H3;2-5H,1H3,(H,9,10);1-5H;1-6H;;/q;;;;;;+1;-1. The van der Waals surface area contributed by atoms with E-state index in [4.69, 9.17) is 29.6 Å². The third-order valence-electron chi connectivity index (χ3n) is 9.04. The number of methoxy groups -OCH3 is 2. The van der Waals surface area contributed by atoms with Gasteiger partial charge >= 0.3 is 41.7 Å². The summed E-state index contributed by atoms with van der Waals surface area (Å²) in [6.07, 6.45) is 7.71. The first-order valence-electron chi connectivity index (χ1n) is 21.3. The number of aromatic nitrogens is 4. The number of amides is 2. The van der Waals surface area contributed by atoms with Gasteiger partial charge in [0.05, 0.1) is 53.3 Å². The van der Waals surface area contributed by atoms with E-state index in [-0.39, 0.29) is 59.3 Å². The van der Waals surface area contributed by atoms with Crippen LogP contribution in [0.3, 0.4) is 0 Å². The van der Waals surface area contributed by atoms with Gasteiger partial charge in [-0.25, -0.2) is 18.0 Å². The maximum Gasteiger partial charge on any atom is 1.00 e. The number of hydrogen-bond acceptors (Lipinski definition) is 10. The fourth-order valence-electron chi connectivity index (χ4n) is 6.05. The molecule has 2 fully saturated rings. The minimum atomic E-state index is -3.53. The molecule has 4 aromatic carbocycles. The van der Waals surface area contributed by atoms with Gasteiger partial charge in [-0.2, -0.15) is 10.2 Å². The van der Waals surface area contributed by atoms with E-state index in [0.717, 1.165) is 91.7 Å². The number of carbonyl (C=O) groups excluding carboxylic acids is 2. The zero-order valence-corrected chi connectivity index (χ0v) is 43.2. The van der Waals surface area contributed by atoms with Crippen molar-refractivity contribution in [2.45, 2.75) is 96.8 Å². The number of rotatable bonds is 4. The molecule has 0 spiro atoms. The minimum Gasteiger partial charge on any atom is -1.00 e. The largest absolute Gasteiger partial charge is 1.00 e. The van der Waals surface area contributed by atoms with Gasteiger partial charge in [0.25, 0.3) is 9.05 Å². The molecule has 6 aromatic rings. The van der Waals surface area contributed by atoms with Gasteiger partial charge in [0.2, 0.25) is 0 Å². The van der Waals surface area contributed by atoms with Crippen LogP contribution in [0.25, 0.3) is 21.8 Å². The van der Waals surface area contributed by atoms with Crippen molar-refractivity contribution in [2.24, 2.45) is 0 Å². The van der Waals surface area contributed by atoms with Gasteiger partial charge in [0.1, 0.15) is 22.7 Å². The molecule has 0 atom stereocenters. The first-order valence-corrected chi connectivity index (χ1v) is 23.6. The van der Waals surface area contributed by atoms with Gasteiger partial charge in [0, 0.05) is 43.4 Å². The average molecular weight is 946 g/mol. The number of carbonyl (C=O) groups is 2. The second-order valence-electron chi connectivity index (χ2n) is 16.4. The number of halogens is 1. The van der Waals surface area contributed by atoms with Crippen LogP contribution in [0.4, 0.5) is 9.59 Å². The Morgan fingerprint density at radius 1 is 0.662 bits per heavy atom.